The molecule has 1 N–H and O–H groups in total. The fourth-order valence-electron chi connectivity index (χ4n) is 3.39. The van der Waals surface area contributed by atoms with E-state index in [0.29, 0.717) is 30.8 Å². The molecule has 0 spiro atoms. The summed E-state index contributed by atoms with van der Waals surface area (Å²) in [4.78, 5) is 33.3. The van der Waals surface area contributed by atoms with Crippen LogP contribution in [0.15, 0.2) is 30.3 Å². The molecule has 31 heavy (non-hydrogen) atoms. The molecule has 1 aliphatic heterocycles. The largest absolute Gasteiger partial charge is 0.474 e. The molecule has 0 fully saturated rings. The number of hydrogen-bond acceptors (Lipinski definition) is 5. The molecule has 1 aromatic heterocycles. The van der Waals surface area contributed by atoms with Crippen molar-refractivity contribution in [2.24, 2.45) is 0 Å². The predicted octanol–water partition coefficient (Wildman–Crippen LogP) is 2.46. The third-order valence-corrected chi connectivity index (χ3v) is 5.19. The number of ether oxygens (including phenoxy) is 1. The van der Waals surface area contributed by atoms with Gasteiger partial charge in [0.05, 0.1) is 6.04 Å². The number of benzene rings is 1. The van der Waals surface area contributed by atoms with Crippen LogP contribution in [-0.2, 0) is 11.2 Å². The smallest absolute Gasteiger partial charge is 0.270 e. The number of hydrogen-bond donors (Lipinski definition) is 1. The standard InChI is InChI=1S/C22H26ClFN4O3/c1-14-13-31-22-18(28(14)19(29)12-23)11-16(10-15-4-6-17(24)7-5-15)20(26-22)21(30)25-8-9-27(2)3/h4-7,11,14H,8-10,12-13H2,1-3H3,(H,25,30)/t14-/m0/s1. The van der Waals surface area contributed by atoms with E-state index in [1.165, 1.54) is 12.1 Å². The fourth-order valence-corrected chi connectivity index (χ4v) is 3.52. The number of amides is 2. The van der Waals surface area contributed by atoms with Crippen molar-refractivity contribution >= 4 is 29.1 Å². The summed E-state index contributed by atoms with van der Waals surface area (Å²) in [6.45, 7) is 3.24. The van der Waals surface area contributed by atoms with Crippen LogP contribution in [0.2, 0.25) is 0 Å². The monoisotopic (exact) mass is 448 g/mol. The minimum atomic E-state index is -0.338. The Morgan fingerprint density at radius 2 is 2.03 bits per heavy atom. The molecule has 9 heteroatoms. The molecule has 0 bridgehead atoms. The molecule has 1 aromatic carbocycles. The van der Waals surface area contributed by atoms with E-state index in [2.05, 4.69) is 10.3 Å². The van der Waals surface area contributed by atoms with Crippen molar-refractivity contribution in [1.29, 1.82) is 0 Å². The van der Waals surface area contributed by atoms with Crippen molar-refractivity contribution in [1.82, 2.24) is 15.2 Å². The number of halogens is 2. The molecule has 0 aliphatic carbocycles. The molecule has 1 aliphatic rings. The lowest BCUT2D eigenvalue weighted by molar-refractivity contribution is -0.117. The zero-order chi connectivity index (χ0) is 22.5. The quantitative estimate of drug-likeness (QED) is 0.658. The number of nitrogens with one attached hydrogen (secondary N) is 1. The lowest BCUT2D eigenvalue weighted by atomic mass is 10.0. The summed E-state index contributed by atoms with van der Waals surface area (Å²) in [6.07, 6.45) is 0.342. The number of rotatable bonds is 7. The highest BCUT2D eigenvalue weighted by atomic mass is 35.5. The van der Waals surface area contributed by atoms with Crippen LogP contribution in [0.3, 0.4) is 0 Å². The van der Waals surface area contributed by atoms with Gasteiger partial charge in [0, 0.05) is 13.1 Å². The van der Waals surface area contributed by atoms with E-state index in [-0.39, 0.29) is 47.7 Å². The van der Waals surface area contributed by atoms with Gasteiger partial charge in [0.25, 0.3) is 5.91 Å². The maximum Gasteiger partial charge on any atom is 0.270 e. The average Bonchev–Trinajstić information content (AvgIpc) is 2.74. The lowest BCUT2D eigenvalue weighted by Crippen LogP contribution is -2.46. The second-order valence-corrected chi connectivity index (χ2v) is 8.01. The van der Waals surface area contributed by atoms with Crippen LogP contribution in [0, 0.1) is 5.82 Å². The highest BCUT2D eigenvalue weighted by Crippen LogP contribution is 2.35. The molecule has 3 rings (SSSR count). The number of carbonyl (C=O) groups excluding carboxylic acids is 2. The molecule has 7 nitrogen and oxygen atoms in total. The predicted molar refractivity (Wildman–Crippen MR) is 117 cm³/mol. The van der Waals surface area contributed by atoms with Gasteiger partial charge in [-0.15, -0.1) is 11.6 Å². The van der Waals surface area contributed by atoms with E-state index in [9.17, 15) is 14.0 Å². The number of likely N-dealkylation sites (N-methyl/N-ethyl adjacent to an activating group) is 1. The maximum atomic E-state index is 13.3. The van der Waals surface area contributed by atoms with Gasteiger partial charge in [-0.2, -0.15) is 0 Å². The Balaban J connectivity index is 2.01. The Morgan fingerprint density at radius 3 is 2.68 bits per heavy atom. The SMILES string of the molecule is C[C@H]1COc2nc(C(=O)NCCN(C)C)c(Cc3ccc(F)cc3)cc2N1C(=O)CCl. The summed E-state index contributed by atoms with van der Waals surface area (Å²) >= 11 is 5.81. The summed E-state index contributed by atoms with van der Waals surface area (Å²) in [6, 6.07) is 7.57. The van der Waals surface area contributed by atoms with E-state index in [1.54, 1.807) is 23.1 Å². The van der Waals surface area contributed by atoms with Crippen LogP contribution < -0.4 is 15.0 Å². The van der Waals surface area contributed by atoms with Crippen LogP contribution in [0.5, 0.6) is 5.88 Å². The van der Waals surface area contributed by atoms with Gasteiger partial charge in [-0.3, -0.25) is 9.59 Å². The topological polar surface area (TPSA) is 74.8 Å². The van der Waals surface area contributed by atoms with E-state index < -0.39 is 0 Å². The molecule has 166 valence electrons. The minimum Gasteiger partial charge on any atom is -0.474 e. The Kier molecular flexibility index (Phi) is 7.46. The Morgan fingerprint density at radius 1 is 1.32 bits per heavy atom. The zero-order valence-corrected chi connectivity index (χ0v) is 18.6. The van der Waals surface area contributed by atoms with Crippen molar-refractivity contribution in [2.75, 3.05) is 44.6 Å². The molecule has 0 saturated carbocycles. The van der Waals surface area contributed by atoms with E-state index in [1.807, 2.05) is 25.9 Å². The van der Waals surface area contributed by atoms with Crippen LogP contribution >= 0.6 is 11.6 Å². The molecular weight excluding hydrogens is 423 g/mol. The van der Waals surface area contributed by atoms with Crippen LogP contribution in [0.25, 0.3) is 0 Å². The molecule has 2 amide bonds. The molecule has 2 aromatic rings. The van der Waals surface area contributed by atoms with Crippen molar-refractivity contribution in [3.63, 3.8) is 0 Å². The number of pyridine rings is 1. The molecule has 2 heterocycles. The first kappa shape index (κ1) is 23.0. The zero-order valence-electron chi connectivity index (χ0n) is 17.8. The summed E-state index contributed by atoms with van der Waals surface area (Å²) in [5.41, 5.74) is 2.12. The first-order valence-corrected chi connectivity index (χ1v) is 10.6. The van der Waals surface area contributed by atoms with E-state index in [4.69, 9.17) is 16.3 Å². The summed E-state index contributed by atoms with van der Waals surface area (Å²) in [5.74, 6) is -0.896. The van der Waals surface area contributed by atoms with Gasteiger partial charge in [0.15, 0.2) is 0 Å². The van der Waals surface area contributed by atoms with Gasteiger partial charge in [0.2, 0.25) is 11.8 Å². The number of nitrogens with zero attached hydrogens (tertiary/aromatic N) is 3. The van der Waals surface area contributed by atoms with E-state index >= 15 is 0 Å². The van der Waals surface area contributed by atoms with Gasteiger partial charge in [0.1, 0.15) is 29.7 Å². The first-order valence-electron chi connectivity index (χ1n) is 10.0. The highest BCUT2D eigenvalue weighted by Gasteiger charge is 2.32. The molecule has 0 unspecified atom stereocenters. The second kappa shape index (κ2) is 10.1. The van der Waals surface area contributed by atoms with Gasteiger partial charge in [-0.1, -0.05) is 12.1 Å². The average molecular weight is 449 g/mol. The maximum absolute atomic E-state index is 13.3. The van der Waals surface area contributed by atoms with Crippen LogP contribution in [0.1, 0.15) is 28.5 Å². The third kappa shape index (κ3) is 5.51. The van der Waals surface area contributed by atoms with Gasteiger partial charge in [-0.05, 0) is 56.8 Å². The third-order valence-electron chi connectivity index (χ3n) is 4.96. The van der Waals surface area contributed by atoms with E-state index in [0.717, 1.165) is 5.56 Å². The van der Waals surface area contributed by atoms with Gasteiger partial charge < -0.3 is 19.9 Å². The van der Waals surface area contributed by atoms with Gasteiger partial charge in [-0.25, -0.2) is 9.37 Å². The second-order valence-electron chi connectivity index (χ2n) is 7.74. The Labute approximate surface area is 186 Å². The number of carbonyl (C=O) groups is 2. The van der Waals surface area contributed by atoms with Crippen LogP contribution in [0.4, 0.5) is 10.1 Å². The van der Waals surface area contributed by atoms with Gasteiger partial charge >= 0.3 is 0 Å². The first-order chi connectivity index (χ1) is 14.8. The number of aromatic nitrogens is 1. The normalized spacial score (nSPS) is 15.4. The summed E-state index contributed by atoms with van der Waals surface area (Å²) < 4.78 is 19.1. The van der Waals surface area contributed by atoms with Crippen molar-refractivity contribution in [3.8, 4) is 5.88 Å². The van der Waals surface area contributed by atoms with Crippen molar-refractivity contribution in [2.45, 2.75) is 19.4 Å². The van der Waals surface area contributed by atoms with Crippen LogP contribution in [-0.4, -0.2) is 67.4 Å². The summed E-state index contributed by atoms with van der Waals surface area (Å²) in [7, 11) is 3.83. The lowest BCUT2D eigenvalue weighted by Gasteiger charge is -2.34. The number of anilines is 1. The fraction of sp³-hybridized carbons (Fsp3) is 0.409. The molecule has 0 radical (unpaired) electrons. The molecule has 0 saturated heterocycles. The molecule has 1 atom stereocenters. The van der Waals surface area contributed by atoms with Crippen molar-refractivity contribution < 1.29 is 18.7 Å². The Bertz CT molecular complexity index is 953. The highest BCUT2D eigenvalue weighted by molar-refractivity contribution is 6.29. The number of alkyl halides is 1. The molecular formula is C22H26ClFN4O3. The van der Waals surface area contributed by atoms with Crippen molar-refractivity contribution in [3.05, 3.63) is 53.0 Å². The minimum absolute atomic E-state index is 0.177. The summed E-state index contributed by atoms with van der Waals surface area (Å²) in [5, 5.41) is 2.87. The number of fused-ring (bicyclic) bond motifs is 1. The Hall–Kier alpha value is -2.71.